The van der Waals surface area contributed by atoms with E-state index in [0.29, 0.717) is 18.2 Å². The third-order valence-electron chi connectivity index (χ3n) is 6.17. The Morgan fingerprint density at radius 2 is 1.02 bits per heavy atom. The Morgan fingerprint density at radius 3 is 1.45 bits per heavy atom. The maximum Gasteiger partial charge on any atom is 0.338 e. The van der Waals surface area contributed by atoms with Crippen molar-refractivity contribution in [2.75, 3.05) is 19.1 Å². The molecule has 0 aromatic heterocycles. The predicted molar refractivity (Wildman–Crippen MR) is 231 cm³/mol. The highest BCUT2D eigenvalue weighted by Gasteiger charge is 2.15. The topological polar surface area (TPSA) is 175 Å². The quantitative estimate of drug-likeness (QED) is 0.0318. The molecule has 0 heterocycles. The van der Waals surface area contributed by atoms with Gasteiger partial charge < -0.3 is 28.4 Å². The van der Waals surface area contributed by atoms with Crippen LogP contribution in [0, 0.1) is 0 Å². The molecule has 1 fully saturated rings. The van der Waals surface area contributed by atoms with Gasteiger partial charge in [-0.1, -0.05) is 108 Å². The summed E-state index contributed by atoms with van der Waals surface area (Å²) >= 11 is 5.19. The van der Waals surface area contributed by atoms with E-state index in [1.54, 1.807) is 31.2 Å². The minimum absolute atomic E-state index is 0.161. The summed E-state index contributed by atoms with van der Waals surface area (Å²) in [6.07, 6.45) is 13.4. The fourth-order valence-corrected chi connectivity index (χ4v) is 3.54. The molecule has 13 nitrogen and oxygen atoms in total. The van der Waals surface area contributed by atoms with Crippen molar-refractivity contribution in [3.05, 3.63) is 167 Å². The standard InChI is InChI=1S/C10H10O2.C9H14O2.C9H8O2.C7H10O2.C6H6O3.C5H7ClO2/c1-2-10(11)12-8-9-6-4-3-5-7-9;2*1-2-9(10)11-8-6-4-3-5-7-8;1-4-7(8)9-5-6(2)3;1-3-5(7)9-6(8)4-2;1-2-5(7)8-4-3-6/h2-7H,1,8H2;2,8H,1,3-7H2;2-7H,1H2;4H,1-2,5H2,3H3;3-4H,1-2H2;2H,1,3-4H2. The van der Waals surface area contributed by atoms with E-state index in [4.69, 9.17) is 25.8 Å². The first kappa shape index (κ1) is 57.5. The van der Waals surface area contributed by atoms with Crippen molar-refractivity contribution in [2.24, 2.45) is 0 Å². The molecule has 0 saturated heterocycles. The minimum Gasteiger partial charge on any atom is -0.461 e. The molecule has 0 bridgehead atoms. The SMILES string of the molecule is C=CC(=O)OC(=O)C=C.C=CC(=O)OC1CCCCC1.C=CC(=O)OCC(=C)C.C=CC(=O)OCCCl.C=CC(=O)OCc1ccccc1.C=CC(=O)Oc1ccccc1. The second kappa shape index (κ2) is 40.3. The second-order valence-electron chi connectivity index (χ2n) is 11.1. The highest BCUT2D eigenvalue weighted by molar-refractivity contribution is 6.18. The van der Waals surface area contributed by atoms with Gasteiger partial charge in [-0.25, -0.2) is 33.6 Å². The average molecular weight is 851 g/mol. The fourth-order valence-electron chi connectivity index (χ4n) is 3.46. The fraction of sp³-hybridized carbons (Fsp3) is 0.239. The van der Waals surface area contributed by atoms with E-state index in [1.165, 1.54) is 25.3 Å². The van der Waals surface area contributed by atoms with Crippen LogP contribution in [0.5, 0.6) is 5.75 Å². The number of ether oxygens (including phenoxy) is 6. The zero-order valence-electron chi connectivity index (χ0n) is 34.1. The van der Waals surface area contributed by atoms with Crippen molar-refractivity contribution in [1.82, 2.24) is 0 Å². The van der Waals surface area contributed by atoms with Gasteiger partial charge in [0.2, 0.25) is 0 Å². The van der Waals surface area contributed by atoms with Gasteiger partial charge in [-0.3, -0.25) is 0 Å². The lowest BCUT2D eigenvalue weighted by Gasteiger charge is -2.20. The number of halogens is 1. The van der Waals surface area contributed by atoms with Gasteiger partial charge in [0.05, 0.1) is 5.88 Å². The first-order valence-corrected chi connectivity index (χ1v) is 18.5. The van der Waals surface area contributed by atoms with Gasteiger partial charge >= 0.3 is 41.8 Å². The van der Waals surface area contributed by atoms with Crippen LogP contribution in [0.1, 0.15) is 44.6 Å². The summed E-state index contributed by atoms with van der Waals surface area (Å²) in [6, 6.07) is 18.4. The lowest BCUT2D eigenvalue weighted by atomic mass is 9.98. The number of alkyl halides is 1. The van der Waals surface area contributed by atoms with Crippen LogP contribution in [0.15, 0.2) is 161 Å². The van der Waals surface area contributed by atoms with Gasteiger partial charge in [-0.05, 0) is 55.9 Å². The smallest absolute Gasteiger partial charge is 0.338 e. The van der Waals surface area contributed by atoms with Gasteiger partial charge in [-0.15, -0.1) is 11.6 Å². The Labute approximate surface area is 358 Å². The normalized spacial score (nSPS) is 10.4. The summed E-state index contributed by atoms with van der Waals surface area (Å²) < 4.78 is 27.8. The van der Waals surface area contributed by atoms with Crippen molar-refractivity contribution < 1.29 is 62.0 Å². The molecule has 0 aliphatic heterocycles. The zero-order chi connectivity index (χ0) is 46.0. The molecule has 1 saturated carbocycles. The van der Waals surface area contributed by atoms with Crippen LogP contribution < -0.4 is 4.74 Å². The number of carbonyl (C=O) groups is 7. The number of para-hydroxylation sites is 1. The Balaban J connectivity index is -0.000000654. The minimum atomic E-state index is -0.764. The molecule has 2 aromatic carbocycles. The largest absolute Gasteiger partial charge is 0.461 e. The number of rotatable bonds is 15. The molecule has 1 aliphatic carbocycles. The molecule has 0 unspecified atom stereocenters. The van der Waals surface area contributed by atoms with Crippen molar-refractivity contribution >= 4 is 53.4 Å². The lowest BCUT2D eigenvalue weighted by Crippen LogP contribution is -2.19. The molecule has 0 amide bonds. The van der Waals surface area contributed by atoms with Crippen LogP contribution in [-0.2, 0) is 63.9 Å². The number of carbonyl (C=O) groups excluding carboxylic acids is 7. The van der Waals surface area contributed by atoms with Crippen molar-refractivity contribution in [2.45, 2.75) is 51.7 Å². The summed E-state index contributed by atoms with van der Waals surface area (Å²) in [5, 5.41) is 0. The number of esters is 7. The molecule has 0 radical (unpaired) electrons. The number of benzene rings is 2. The Hall–Kier alpha value is -6.86. The maximum absolute atomic E-state index is 10.7. The van der Waals surface area contributed by atoms with Crippen LogP contribution in [0.25, 0.3) is 0 Å². The molecule has 324 valence electrons. The van der Waals surface area contributed by atoms with E-state index in [0.717, 1.165) is 60.4 Å². The van der Waals surface area contributed by atoms with Crippen LogP contribution in [0.4, 0.5) is 0 Å². The summed E-state index contributed by atoms with van der Waals surface area (Å²) in [5.74, 6) is -2.59. The number of hydrogen-bond acceptors (Lipinski definition) is 13. The number of hydrogen-bond donors (Lipinski definition) is 0. The molecule has 0 atom stereocenters. The summed E-state index contributed by atoms with van der Waals surface area (Å²) in [5.41, 5.74) is 1.80. The third-order valence-corrected chi connectivity index (χ3v) is 6.33. The Morgan fingerprint density at radius 1 is 0.583 bits per heavy atom. The van der Waals surface area contributed by atoms with Crippen LogP contribution in [0.3, 0.4) is 0 Å². The van der Waals surface area contributed by atoms with Crippen LogP contribution in [0.2, 0.25) is 0 Å². The van der Waals surface area contributed by atoms with E-state index >= 15 is 0 Å². The van der Waals surface area contributed by atoms with Gasteiger partial charge in [0, 0.05) is 42.5 Å². The third kappa shape index (κ3) is 39.4. The van der Waals surface area contributed by atoms with Gasteiger partial charge in [0.25, 0.3) is 0 Å². The molecule has 14 heteroatoms. The Kier molecular flexibility index (Phi) is 38.6. The zero-order valence-corrected chi connectivity index (χ0v) is 34.9. The summed E-state index contributed by atoms with van der Waals surface area (Å²) in [7, 11) is 0. The average Bonchev–Trinajstić information content (AvgIpc) is 3.28. The van der Waals surface area contributed by atoms with E-state index in [9.17, 15) is 33.6 Å². The lowest BCUT2D eigenvalue weighted by molar-refractivity contribution is -0.152. The van der Waals surface area contributed by atoms with Gasteiger partial charge in [0.1, 0.15) is 31.7 Å². The molecule has 60 heavy (non-hydrogen) atoms. The van der Waals surface area contributed by atoms with E-state index in [2.05, 4.69) is 66.8 Å². The molecule has 0 spiro atoms. The molecule has 3 rings (SSSR count). The highest BCUT2D eigenvalue weighted by atomic mass is 35.5. The monoisotopic (exact) mass is 850 g/mol. The second-order valence-corrected chi connectivity index (χ2v) is 11.5. The molecule has 1 aliphatic rings. The van der Waals surface area contributed by atoms with Crippen molar-refractivity contribution in [3.8, 4) is 5.75 Å². The van der Waals surface area contributed by atoms with Gasteiger partial charge in [0.15, 0.2) is 0 Å². The van der Waals surface area contributed by atoms with E-state index in [-0.39, 0.29) is 31.3 Å². The van der Waals surface area contributed by atoms with E-state index in [1.807, 2.05) is 36.4 Å². The van der Waals surface area contributed by atoms with Crippen LogP contribution in [-0.4, -0.2) is 67.0 Å². The van der Waals surface area contributed by atoms with E-state index < -0.39 is 29.8 Å². The van der Waals surface area contributed by atoms with Crippen molar-refractivity contribution in [1.29, 1.82) is 0 Å². The molecular formula is C46H55ClO13. The summed E-state index contributed by atoms with van der Waals surface area (Å²) in [6.45, 7) is 28.7. The molecule has 0 N–H and O–H groups in total. The first-order valence-electron chi connectivity index (χ1n) is 18.0. The maximum atomic E-state index is 10.7. The first-order chi connectivity index (χ1) is 28.7. The van der Waals surface area contributed by atoms with Crippen molar-refractivity contribution in [3.63, 3.8) is 0 Å². The predicted octanol–water partition coefficient (Wildman–Crippen LogP) is 8.42. The summed E-state index contributed by atoms with van der Waals surface area (Å²) in [4.78, 5) is 72.9. The molecular weight excluding hydrogens is 796 g/mol. The molecule has 2 aromatic rings. The van der Waals surface area contributed by atoms with Gasteiger partial charge in [-0.2, -0.15) is 0 Å². The Bertz CT molecular complexity index is 1660. The van der Waals surface area contributed by atoms with Crippen LogP contribution >= 0.6 is 11.6 Å². The highest BCUT2D eigenvalue weighted by Crippen LogP contribution is 2.20.